The van der Waals surface area contributed by atoms with Gasteiger partial charge in [0.1, 0.15) is 0 Å². The number of aryl methyl sites for hydroxylation is 1. The molecule has 1 saturated carbocycles. The summed E-state index contributed by atoms with van der Waals surface area (Å²) in [6.45, 7) is 5.87. The lowest BCUT2D eigenvalue weighted by Gasteiger charge is -2.27. The van der Waals surface area contributed by atoms with E-state index in [-0.39, 0.29) is 11.9 Å². The Morgan fingerprint density at radius 1 is 1.44 bits per heavy atom. The van der Waals surface area contributed by atoms with E-state index in [9.17, 15) is 4.79 Å². The summed E-state index contributed by atoms with van der Waals surface area (Å²) in [6, 6.07) is 1.93. The molecule has 1 N–H and O–H groups in total. The van der Waals surface area contributed by atoms with Crippen LogP contribution in [0.1, 0.15) is 41.7 Å². The maximum absolute atomic E-state index is 12.1. The van der Waals surface area contributed by atoms with Gasteiger partial charge < -0.3 is 5.32 Å². The number of carbonyl (C=O) groups excluding carboxylic acids is 1. The van der Waals surface area contributed by atoms with Gasteiger partial charge in [-0.1, -0.05) is 18.5 Å². The van der Waals surface area contributed by atoms with Gasteiger partial charge in [0.2, 0.25) is 0 Å². The Bertz CT molecular complexity index is 439. The molecule has 4 heteroatoms. The first-order valence-corrected chi connectivity index (χ1v) is 6.70. The van der Waals surface area contributed by atoms with Crippen LogP contribution in [0.5, 0.6) is 0 Å². The minimum atomic E-state index is -0.0741. The van der Waals surface area contributed by atoms with Crippen LogP contribution in [0.3, 0.4) is 0 Å². The van der Waals surface area contributed by atoms with Gasteiger partial charge in [0.05, 0.1) is 16.3 Å². The molecule has 1 amide bonds. The van der Waals surface area contributed by atoms with E-state index in [0.29, 0.717) is 22.2 Å². The van der Waals surface area contributed by atoms with Gasteiger partial charge in [0, 0.05) is 12.2 Å². The molecule has 1 aromatic rings. The lowest BCUT2D eigenvalue weighted by Crippen LogP contribution is -2.37. The van der Waals surface area contributed by atoms with Gasteiger partial charge in [0.25, 0.3) is 5.91 Å². The second-order valence-electron chi connectivity index (χ2n) is 4.98. The molecule has 1 fully saturated rings. The van der Waals surface area contributed by atoms with Gasteiger partial charge in [0.15, 0.2) is 0 Å². The highest BCUT2D eigenvalue weighted by molar-refractivity contribution is 6.30. The smallest absolute Gasteiger partial charge is 0.253 e. The van der Waals surface area contributed by atoms with Gasteiger partial charge in [-0.05, 0) is 44.6 Å². The summed E-state index contributed by atoms with van der Waals surface area (Å²) in [5, 5.41) is 3.55. The fraction of sp³-hybridized carbons (Fsp3) is 0.500. The number of carbonyl (C=O) groups is 1. The third-order valence-electron chi connectivity index (χ3n) is 3.48. The van der Waals surface area contributed by atoms with Crippen LogP contribution < -0.4 is 5.32 Å². The van der Waals surface area contributed by atoms with E-state index >= 15 is 0 Å². The third kappa shape index (κ3) is 3.22. The summed E-state index contributed by atoms with van der Waals surface area (Å²) in [4.78, 5) is 16.2. The molecule has 0 aromatic carbocycles. The summed E-state index contributed by atoms with van der Waals surface area (Å²) in [5.74, 6) is 0.461. The molecule has 1 aromatic heterocycles. The van der Waals surface area contributed by atoms with Crippen molar-refractivity contribution in [2.24, 2.45) is 5.92 Å². The first-order chi connectivity index (χ1) is 8.56. The number of nitrogens with one attached hydrogen (secondary N) is 1. The van der Waals surface area contributed by atoms with E-state index in [0.717, 1.165) is 25.7 Å². The molecule has 0 atom stereocenters. The molecule has 0 unspecified atom stereocenters. The van der Waals surface area contributed by atoms with Crippen molar-refractivity contribution in [3.8, 4) is 0 Å². The van der Waals surface area contributed by atoms with Crippen LogP contribution in [0.15, 0.2) is 12.3 Å². The van der Waals surface area contributed by atoms with E-state index in [1.54, 1.807) is 12.3 Å². The fourth-order valence-corrected chi connectivity index (χ4v) is 2.47. The van der Waals surface area contributed by atoms with Gasteiger partial charge in [-0.2, -0.15) is 0 Å². The van der Waals surface area contributed by atoms with Gasteiger partial charge in [-0.3, -0.25) is 9.78 Å². The van der Waals surface area contributed by atoms with E-state index < -0.39 is 0 Å². The van der Waals surface area contributed by atoms with Crippen molar-refractivity contribution in [2.45, 2.75) is 38.6 Å². The number of rotatable bonds is 2. The minimum Gasteiger partial charge on any atom is -0.349 e. The molecular formula is C14H18ClN2O. The van der Waals surface area contributed by atoms with Crippen molar-refractivity contribution in [1.82, 2.24) is 10.3 Å². The molecule has 3 nitrogen and oxygen atoms in total. The molecular weight excluding hydrogens is 248 g/mol. The first kappa shape index (κ1) is 13.3. The average molecular weight is 266 g/mol. The number of nitrogens with zero attached hydrogens (tertiary/aromatic N) is 1. The summed E-state index contributed by atoms with van der Waals surface area (Å²) in [6.07, 6.45) is 5.73. The molecule has 18 heavy (non-hydrogen) atoms. The van der Waals surface area contributed by atoms with Crippen LogP contribution in [0.4, 0.5) is 0 Å². The SMILES string of the molecule is [CH2]C1CCC(NC(=O)c2cc(Cl)cnc2C)CC1. The van der Waals surface area contributed by atoms with E-state index in [2.05, 4.69) is 17.2 Å². The Kier molecular flexibility index (Phi) is 4.23. The molecule has 0 bridgehead atoms. The molecule has 1 radical (unpaired) electrons. The summed E-state index contributed by atoms with van der Waals surface area (Å²) < 4.78 is 0. The molecule has 1 aliphatic rings. The highest BCUT2D eigenvalue weighted by atomic mass is 35.5. The highest BCUT2D eigenvalue weighted by Crippen LogP contribution is 2.23. The molecule has 1 aliphatic carbocycles. The van der Waals surface area contributed by atoms with Crippen LogP contribution >= 0.6 is 11.6 Å². The number of aromatic nitrogens is 1. The maximum atomic E-state index is 12.1. The Morgan fingerprint density at radius 2 is 2.11 bits per heavy atom. The van der Waals surface area contributed by atoms with Crippen molar-refractivity contribution in [3.05, 3.63) is 35.5 Å². The monoisotopic (exact) mass is 265 g/mol. The van der Waals surface area contributed by atoms with Gasteiger partial charge >= 0.3 is 0 Å². The number of amides is 1. The standard InChI is InChI=1S/C14H18ClN2O/c1-9-3-5-12(6-4-9)17-14(18)13-7-11(15)8-16-10(13)2/h7-9,12H,1,3-6H2,2H3,(H,17,18). The minimum absolute atomic E-state index is 0.0741. The van der Waals surface area contributed by atoms with Crippen molar-refractivity contribution in [2.75, 3.05) is 0 Å². The van der Waals surface area contributed by atoms with E-state index in [1.165, 1.54) is 0 Å². The molecule has 0 aliphatic heterocycles. The van der Waals surface area contributed by atoms with Gasteiger partial charge in [-0.15, -0.1) is 0 Å². The van der Waals surface area contributed by atoms with Gasteiger partial charge in [-0.25, -0.2) is 0 Å². The number of hydrogen-bond acceptors (Lipinski definition) is 2. The fourth-order valence-electron chi connectivity index (χ4n) is 2.31. The van der Waals surface area contributed by atoms with Crippen LogP contribution in [0, 0.1) is 19.8 Å². The summed E-state index contributed by atoms with van der Waals surface area (Å²) in [5.41, 5.74) is 1.28. The molecule has 0 saturated heterocycles. The summed E-state index contributed by atoms with van der Waals surface area (Å²) >= 11 is 5.87. The second-order valence-corrected chi connectivity index (χ2v) is 5.41. The topological polar surface area (TPSA) is 42.0 Å². The van der Waals surface area contributed by atoms with Crippen molar-refractivity contribution >= 4 is 17.5 Å². The normalized spacial score (nSPS) is 23.7. The average Bonchev–Trinajstić information content (AvgIpc) is 2.35. The zero-order valence-electron chi connectivity index (χ0n) is 10.6. The van der Waals surface area contributed by atoms with Crippen LogP contribution in [-0.4, -0.2) is 16.9 Å². The Hall–Kier alpha value is -1.09. The van der Waals surface area contributed by atoms with Crippen LogP contribution in [0.25, 0.3) is 0 Å². The number of pyridine rings is 1. The third-order valence-corrected chi connectivity index (χ3v) is 3.69. The Balaban J connectivity index is 2.01. The quantitative estimate of drug-likeness (QED) is 0.892. The zero-order valence-corrected chi connectivity index (χ0v) is 11.3. The second kappa shape index (κ2) is 5.70. The predicted octanol–water partition coefficient (Wildman–Crippen LogP) is 3.17. The number of hydrogen-bond donors (Lipinski definition) is 1. The van der Waals surface area contributed by atoms with E-state index in [1.807, 2.05) is 6.92 Å². The first-order valence-electron chi connectivity index (χ1n) is 6.32. The predicted molar refractivity (Wildman–Crippen MR) is 72.6 cm³/mol. The van der Waals surface area contributed by atoms with E-state index in [4.69, 9.17) is 11.6 Å². The number of halogens is 1. The molecule has 97 valence electrons. The summed E-state index contributed by atoms with van der Waals surface area (Å²) in [7, 11) is 0. The lowest BCUT2D eigenvalue weighted by atomic mass is 9.87. The maximum Gasteiger partial charge on any atom is 0.253 e. The molecule has 1 heterocycles. The van der Waals surface area contributed by atoms with Crippen molar-refractivity contribution in [3.63, 3.8) is 0 Å². The highest BCUT2D eigenvalue weighted by Gasteiger charge is 2.21. The largest absolute Gasteiger partial charge is 0.349 e. The Morgan fingerprint density at radius 3 is 2.78 bits per heavy atom. The van der Waals surface area contributed by atoms with Crippen LogP contribution in [0.2, 0.25) is 5.02 Å². The van der Waals surface area contributed by atoms with Crippen molar-refractivity contribution in [1.29, 1.82) is 0 Å². The lowest BCUT2D eigenvalue weighted by molar-refractivity contribution is 0.0923. The zero-order chi connectivity index (χ0) is 13.1. The molecule has 0 spiro atoms. The van der Waals surface area contributed by atoms with Crippen LogP contribution in [-0.2, 0) is 0 Å². The Labute approximate surface area is 113 Å². The molecule has 2 rings (SSSR count). The van der Waals surface area contributed by atoms with Crippen molar-refractivity contribution < 1.29 is 4.79 Å².